The van der Waals surface area contributed by atoms with E-state index in [0.717, 1.165) is 10.9 Å². The summed E-state index contributed by atoms with van der Waals surface area (Å²) < 4.78 is 0. The van der Waals surface area contributed by atoms with Crippen LogP contribution < -0.4 is 0 Å². The summed E-state index contributed by atoms with van der Waals surface area (Å²) in [5.74, 6) is -0.945. The second-order valence-corrected chi connectivity index (χ2v) is 5.76. The quantitative estimate of drug-likeness (QED) is 0.567. The van der Waals surface area contributed by atoms with Gasteiger partial charge in [-0.15, -0.1) is 11.3 Å². The molecular weight excluding hydrogens is 306 g/mol. The monoisotopic (exact) mass is 317 g/mol. The van der Waals surface area contributed by atoms with Crippen LogP contribution in [0.4, 0.5) is 5.69 Å². The number of rotatable bonds is 4. The number of aryl methyl sites for hydroxylation is 1. The lowest BCUT2D eigenvalue weighted by atomic mass is 10.1. The number of non-ortho nitro benzene ring substituents is 1. The number of aromatic nitrogens is 2. The number of aliphatic carboxylic acids is 1. The standard InChI is InChI=1S/C14H11N3O4S/c1-7-2-8-4-10(16-13(8)11(3-7)17(20)21)14-15-9(6-22-14)5-12(18)19/h2-4,6,16H,5H2,1H3,(H,18,19). The Bertz CT molecular complexity index is 897. The summed E-state index contributed by atoms with van der Waals surface area (Å²) >= 11 is 1.30. The van der Waals surface area contributed by atoms with Gasteiger partial charge in [0.1, 0.15) is 10.5 Å². The fourth-order valence-corrected chi connectivity index (χ4v) is 3.09. The van der Waals surface area contributed by atoms with Crippen LogP contribution in [-0.4, -0.2) is 26.0 Å². The number of nitrogens with zero attached hydrogens (tertiary/aromatic N) is 2. The van der Waals surface area contributed by atoms with Crippen molar-refractivity contribution in [2.24, 2.45) is 0 Å². The van der Waals surface area contributed by atoms with Crippen molar-refractivity contribution >= 4 is 33.9 Å². The summed E-state index contributed by atoms with van der Waals surface area (Å²) in [7, 11) is 0. The SMILES string of the molecule is Cc1cc([N+](=O)[O-])c2[nH]c(-c3nc(CC(=O)O)cs3)cc2c1. The molecule has 2 N–H and O–H groups in total. The lowest BCUT2D eigenvalue weighted by molar-refractivity contribution is -0.383. The van der Waals surface area contributed by atoms with Crippen molar-refractivity contribution in [3.63, 3.8) is 0 Å². The van der Waals surface area contributed by atoms with Crippen LogP contribution >= 0.6 is 11.3 Å². The number of carbonyl (C=O) groups is 1. The highest BCUT2D eigenvalue weighted by Gasteiger charge is 2.17. The molecule has 0 saturated heterocycles. The third-order valence-electron chi connectivity index (χ3n) is 3.16. The highest BCUT2D eigenvalue weighted by Crippen LogP contribution is 2.32. The number of fused-ring (bicyclic) bond motifs is 1. The first kappa shape index (κ1) is 14.2. The fraction of sp³-hybridized carbons (Fsp3) is 0.143. The van der Waals surface area contributed by atoms with Gasteiger partial charge in [-0.25, -0.2) is 4.98 Å². The summed E-state index contributed by atoms with van der Waals surface area (Å²) in [5.41, 5.74) is 2.38. The van der Waals surface area contributed by atoms with Gasteiger partial charge in [-0.3, -0.25) is 14.9 Å². The maximum atomic E-state index is 11.1. The minimum absolute atomic E-state index is 0.0172. The first-order valence-corrected chi connectivity index (χ1v) is 7.26. The Morgan fingerprint density at radius 3 is 2.91 bits per heavy atom. The average Bonchev–Trinajstić information content (AvgIpc) is 3.02. The van der Waals surface area contributed by atoms with E-state index in [1.807, 2.05) is 6.07 Å². The number of nitrogens with one attached hydrogen (secondary N) is 1. The largest absolute Gasteiger partial charge is 0.481 e. The molecule has 7 nitrogen and oxygen atoms in total. The van der Waals surface area contributed by atoms with Gasteiger partial charge in [-0.2, -0.15) is 0 Å². The van der Waals surface area contributed by atoms with Gasteiger partial charge < -0.3 is 10.1 Å². The Morgan fingerprint density at radius 1 is 1.45 bits per heavy atom. The molecule has 0 amide bonds. The number of benzene rings is 1. The molecular formula is C14H11N3O4S. The van der Waals surface area contributed by atoms with E-state index in [2.05, 4.69) is 9.97 Å². The first-order valence-electron chi connectivity index (χ1n) is 6.38. The van der Waals surface area contributed by atoms with Crippen LogP contribution in [-0.2, 0) is 11.2 Å². The van der Waals surface area contributed by atoms with E-state index in [9.17, 15) is 14.9 Å². The minimum Gasteiger partial charge on any atom is -0.481 e. The van der Waals surface area contributed by atoms with Crippen LogP contribution in [0.2, 0.25) is 0 Å². The van der Waals surface area contributed by atoms with Crippen LogP contribution in [0.1, 0.15) is 11.3 Å². The molecule has 0 unspecified atom stereocenters. The first-order chi connectivity index (χ1) is 10.4. The predicted molar refractivity (Wildman–Crippen MR) is 82.1 cm³/mol. The van der Waals surface area contributed by atoms with Crippen molar-refractivity contribution in [3.05, 3.63) is 45.0 Å². The molecule has 22 heavy (non-hydrogen) atoms. The summed E-state index contributed by atoms with van der Waals surface area (Å²) in [6, 6.07) is 5.16. The Morgan fingerprint density at radius 2 is 2.23 bits per heavy atom. The van der Waals surface area contributed by atoms with Crippen molar-refractivity contribution in [2.45, 2.75) is 13.3 Å². The number of aromatic amines is 1. The van der Waals surface area contributed by atoms with E-state index in [1.54, 1.807) is 18.4 Å². The number of thiazole rings is 1. The second kappa shape index (κ2) is 5.23. The lowest BCUT2D eigenvalue weighted by Crippen LogP contribution is -1.99. The van der Waals surface area contributed by atoms with E-state index in [4.69, 9.17) is 5.11 Å². The third-order valence-corrected chi connectivity index (χ3v) is 4.09. The molecule has 0 fully saturated rings. The van der Waals surface area contributed by atoms with Crippen molar-refractivity contribution in [3.8, 4) is 10.7 Å². The van der Waals surface area contributed by atoms with Gasteiger partial charge in [0.05, 0.1) is 22.7 Å². The molecule has 3 rings (SSSR count). The van der Waals surface area contributed by atoms with Gasteiger partial charge in [0, 0.05) is 16.8 Å². The molecule has 3 aromatic rings. The molecule has 0 aliphatic carbocycles. The second-order valence-electron chi connectivity index (χ2n) is 4.90. The Kier molecular flexibility index (Phi) is 3.38. The summed E-state index contributed by atoms with van der Waals surface area (Å²) in [4.78, 5) is 28.7. The number of carboxylic acids is 1. The van der Waals surface area contributed by atoms with Gasteiger partial charge in [0.25, 0.3) is 5.69 Å². The molecule has 2 aromatic heterocycles. The zero-order valence-electron chi connectivity index (χ0n) is 11.5. The van der Waals surface area contributed by atoms with E-state index in [1.165, 1.54) is 17.4 Å². The maximum Gasteiger partial charge on any atom is 0.309 e. The van der Waals surface area contributed by atoms with Crippen LogP contribution in [0.3, 0.4) is 0 Å². The third kappa shape index (κ3) is 2.56. The molecule has 0 aliphatic rings. The molecule has 0 aliphatic heterocycles. The maximum absolute atomic E-state index is 11.1. The summed E-state index contributed by atoms with van der Waals surface area (Å²) in [6.07, 6.45) is -0.143. The zero-order valence-corrected chi connectivity index (χ0v) is 12.3. The number of carboxylic acid groups (broad SMARTS) is 1. The lowest BCUT2D eigenvalue weighted by Gasteiger charge is -1.96. The number of hydrogen-bond acceptors (Lipinski definition) is 5. The average molecular weight is 317 g/mol. The molecule has 0 atom stereocenters. The molecule has 0 radical (unpaired) electrons. The Hall–Kier alpha value is -2.74. The number of H-pyrrole nitrogens is 1. The smallest absolute Gasteiger partial charge is 0.309 e. The number of nitro benzene ring substituents is 1. The van der Waals surface area contributed by atoms with Gasteiger partial charge in [-0.05, 0) is 24.6 Å². The van der Waals surface area contributed by atoms with Crippen molar-refractivity contribution in [1.29, 1.82) is 0 Å². The van der Waals surface area contributed by atoms with E-state index in [-0.39, 0.29) is 12.1 Å². The van der Waals surface area contributed by atoms with Gasteiger partial charge in [-0.1, -0.05) is 0 Å². The molecule has 1 aromatic carbocycles. The van der Waals surface area contributed by atoms with Crippen LogP contribution in [0.5, 0.6) is 0 Å². The Labute approximate surface area is 128 Å². The normalized spacial score (nSPS) is 11.0. The predicted octanol–water partition coefficient (Wildman–Crippen LogP) is 3.14. The Balaban J connectivity index is 2.08. The van der Waals surface area contributed by atoms with Gasteiger partial charge in [0.2, 0.25) is 0 Å². The number of hydrogen-bond donors (Lipinski definition) is 2. The van der Waals surface area contributed by atoms with Crippen LogP contribution in [0, 0.1) is 17.0 Å². The van der Waals surface area contributed by atoms with Crippen molar-refractivity contribution in [1.82, 2.24) is 9.97 Å². The molecule has 0 spiro atoms. The minimum atomic E-state index is -0.945. The van der Waals surface area contributed by atoms with Gasteiger partial charge in [0.15, 0.2) is 0 Å². The van der Waals surface area contributed by atoms with Crippen molar-refractivity contribution in [2.75, 3.05) is 0 Å². The van der Waals surface area contributed by atoms with Crippen LogP contribution in [0.25, 0.3) is 21.6 Å². The highest BCUT2D eigenvalue weighted by molar-refractivity contribution is 7.13. The van der Waals surface area contributed by atoms with E-state index in [0.29, 0.717) is 21.9 Å². The summed E-state index contributed by atoms with van der Waals surface area (Å²) in [6.45, 7) is 1.80. The molecule has 112 valence electrons. The summed E-state index contributed by atoms with van der Waals surface area (Å²) in [5, 5.41) is 22.9. The molecule has 0 bridgehead atoms. The fourth-order valence-electron chi connectivity index (χ4n) is 2.30. The topological polar surface area (TPSA) is 109 Å². The molecule has 0 saturated carbocycles. The van der Waals surface area contributed by atoms with Crippen molar-refractivity contribution < 1.29 is 14.8 Å². The number of nitro groups is 1. The highest BCUT2D eigenvalue weighted by atomic mass is 32.1. The van der Waals surface area contributed by atoms with Gasteiger partial charge >= 0.3 is 5.97 Å². The van der Waals surface area contributed by atoms with E-state index < -0.39 is 10.9 Å². The molecule has 2 heterocycles. The molecule has 8 heteroatoms. The zero-order chi connectivity index (χ0) is 15.9. The van der Waals surface area contributed by atoms with Crippen LogP contribution in [0.15, 0.2) is 23.6 Å². The van der Waals surface area contributed by atoms with E-state index >= 15 is 0 Å².